The molecule has 1 nitrogen and oxygen atoms in total. The maximum absolute atomic E-state index is 10.7. The Labute approximate surface area is 82.5 Å². The first kappa shape index (κ1) is 11.0. The van der Waals surface area contributed by atoms with E-state index in [1.165, 1.54) is 25.7 Å². The van der Waals surface area contributed by atoms with Crippen LogP contribution >= 0.6 is 0 Å². The first-order valence-corrected chi connectivity index (χ1v) is 5.72. The van der Waals surface area contributed by atoms with Gasteiger partial charge in [-0.25, -0.2) is 0 Å². The van der Waals surface area contributed by atoms with E-state index in [0.29, 0.717) is 17.8 Å². The van der Waals surface area contributed by atoms with Crippen LogP contribution in [0.2, 0.25) is 0 Å². The maximum atomic E-state index is 10.7. The second-order valence-corrected chi connectivity index (χ2v) is 5.18. The van der Waals surface area contributed by atoms with Gasteiger partial charge in [-0.1, -0.05) is 40.5 Å². The Morgan fingerprint density at radius 3 is 1.69 bits per heavy atom. The number of hydrogen-bond acceptors (Lipinski definition) is 1. The van der Waals surface area contributed by atoms with E-state index in [9.17, 15) is 5.11 Å². The second kappa shape index (κ2) is 4.00. The summed E-state index contributed by atoms with van der Waals surface area (Å²) >= 11 is 0. The van der Waals surface area contributed by atoms with Crippen LogP contribution in [0.15, 0.2) is 0 Å². The summed E-state index contributed by atoms with van der Waals surface area (Å²) in [6.45, 7) is 8.60. The van der Waals surface area contributed by atoms with E-state index in [-0.39, 0.29) is 0 Å². The van der Waals surface area contributed by atoms with Crippen LogP contribution in [0.25, 0.3) is 0 Å². The molecule has 0 aliphatic heterocycles. The molecule has 0 aromatic heterocycles. The molecule has 1 saturated carbocycles. The van der Waals surface area contributed by atoms with E-state index in [4.69, 9.17) is 0 Å². The van der Waals surface area contributed by atoms with Gasteiger partial charge in [0.15, 0.2) is 0 Å². The summed E-state index contributed by atoms with van der Waals surface area (Å²) in [6.07, 6.45) is 5.08. The third-order valence-corrected chi connectivity index (χ3v) is 3.86. The summed E-state index contributed by atoms with van der Waals surface area (Å²) in [7, 11) is 0. The highest BCUT2D eigenvalue weighted by atomic mass is 16.3. The Bertz CT molecular complexity index is 147. The molecule has 0 bridgehead atoms. The zero-order valence-corrected chi connectivity index (χ0v) is 9.51. The van der Waals surface area contributed by atoms with Gasteiger partial charge >= 0.3 is 0 Å². The van der Waals surface area contributed by atoms with Crippen LogP contribution in [-0.4, -0.2) is 10.7 Å². The van der Waals surface area contributed by atoms with Crippen LogP contribution in [0.3, 0.4) is 0 Å². The highest BCUT2D eigenvalue weighted by Gasteiger charge is 2.43. The van der Waals surface area contributed by atoms with Crippen molar-refractivity contribution in [3.63, 3.8) is 0 Å². The van der Waals surface area contributed by atoms with E-state index in [0.717, 1.165) is 0 Å². The van der Waals surface area contributed by atoms with Gasteiger partial charge in [0.1, 0.15) is 0 Å². The molecule has 0 atom stereocenters. The Balaban J connectivity index is 2.76. The Morgan fingerprint density at radius 2 is 1.38 bits per heavy atom. The lowest BCUT2D eigenvalue weighted by molar-refractivity contribution is -0.0939. The molecular weight excluding hydrogens is 160 g/mol. The Morgan fingerprint density at radius 1 is 1.00 bits per heavy atom. The minimum absolute atomic E-state index is 0.385. The Kier molecular flexibility index (Phi) is 3.39. The third kappa shape index (κ3) is 1.90. The fourth-order valence-electron chi connectivity index (χ4n) is 3.00. The summed E-state index contributed by atoms with van der Waals surface area (Å²) in [5.74, 6) is 1.32. The van der Waals surface area contributed by atoms with Crippen LogP contribution in [0, 0.1) is 17.8 Å². The van der Waals surface area contributed by atoms with Gasteiger partial charge in [-0.3, -0.25) is 0 Å². The monoisotopic (exact) mass is 184 g/mol. The topological polar surface area (TPSA) is 20.2 Å². The zero-order chi connectivity index (χ0) is 10.1. The smallest absolute Gasteiger partial charge is 0.0721 e. The van der Waals surface area contributed by atoms with Crippen molar-refractivity contribution in [2.75, 3.05) is 0 Å². The van der Waals surface area contributed by atoms with Gasteiger partial charge in [0, 0.05) is 0 Å². The number of hydrogen-bond donors (Lipinski definition) is 1. The molecule has 1 aliphatic carbocycles. The van der Waals surface area contributed by atoms with Gasteiger partial charge in [-0.05, 0) is 30.6 Å². The third-order valence-electron chi connectivity index (χ3n) is 3.86. The largest absolute Gasteiger partial charge is 0.389 e. The molecular formula is C12H24O. The van der Waals surface area contributed by atoms with E-state index < -0.39 is 5.60 Å². The molecule has 0 aromatic carbocycles. The fraction of sp³-hybridized carbons (Fsp3) is 1.00. The van der Waals surface area contributed by atoms with Crippen molar-refractivity contribution in [2.45, 2.75) is 59.0 Å². The average Bonchev–Trinajstić information content (AvgIpc) is 2.54. The normalized spacial score (nSPS) is 20.5. The molecule has 0 aromatic rings. The van der Waals surface area contributed by atoms with E-state index in [2.05, 4.69) is 27.7 Å². The van der Waals surface area contributed by atoms with Crippen LogP contribution in [0.5, 0.6) is 0 Å². The summed E-state index contributed by atoms with van der Waals surface area (Å²) in [5, 5.41) is 10.7. The molecule has 0 spiro atoms. The van der Waals surface area contributed by atoms with Crippen LogP contribution in [0.1, 0.15) is 53.4 Å². The van der Waals surface area contributed by atoms with Crippen LogP contribution in [-0.2, 0) is 0 Å². The molecule has 1 N–H and O–H groups in total. The quantitative estimate of drug-likeness (QED) is 0.714. The predicted octanol–water partition coefficient (Wildman–Crippen LogP) is 3.22. The van der Waals surface area contributed by atoms with Crippen molar-refractivity contribution in [3.8, 4) is 0 Å². The standard InChI is InChI=1S/C12H24O/c1-9(2)12(13,10(3)4)11-7-5-6-8-11/h9-11,13H,5-8H2,1-4H3. The summed E-state index contributed by atoms with van der Waals surface area (Å²) < 4.78 is 0. The van der Waals surface area contributed by atoms with Gasteiger partial charge < -0.3 is 5.11 Å². The summed E-state index contributed by atoms with van der Waals surface area (Å²) in [5.41, 5.74) is -0.420. The van der Waals surface area contributed by atoms with Crippen molar-refractivity contribution < 1.29 is 5.11 Å². The molecule has 13 heavy (non-hydrogen) atoms. The number of aliphatic hydroxyl groups is 1. The summed E-state index contributed by atoms with van der Waals surface area (Å²) in [4.78, 5) is 0. The molecule has 0 unspecified atom stereocenters. The predicted molar refractivity (Wildman–Crippen MR) is 56.6 cm³/mol. The lowest BCUT2D eigenvalue weighted by Gasteiger charge is -2.41. The lowest BCUT2D eigenvalue weighted by atomic mass is 9.70. The van der Waals surface area contributed by atoms with E-state index in [1.807, 2.05) is 0 Å². The molecule has 0 heterocycles. The van der Waals surface area contributed by atoms with Crippen molar-refractivity contribution in [3.05, 3.63) is 0 Å². The maximum Gasteiger partial charge on any atom is 0.0721 e. The second-order valence-electron chi connectivity index (χ2n) is 5.18. The van der Waals surface area contributed by atoms with Crippen molar-refractivity contribution >= 4 is 0 Å². The van der Waals surface area contributed by atoms with Gasteiger partial charge in [0.05, 0.1) is 5.60 Å². The minimum atomic E-state index is -0.420. The van der Waals surface area contributed by atoms with Gasteiger partial charge in [-0.15, -0.1) is 0 Å². The first-order chi connectivity index (χ1) is 5.99. The SMILES string of the molecule is CC(C)C(O)(C(C)C)C1CCCC1. The fourth-order valence-corrected chi connectivity index (χ4v) is 3.00. The summed E-state index contributed by atoms with van der Waals surface area (Å²) in [6, 6.07) is 0. The van der Waals surface area contributed by atoms with E-state index in [1.54, 1.807) is 0 Å². The molecule has 1 rings (SSSR count). The molecule has 0 amide bonds. The lowest BCUT2D eigenvalue weighted by Crippen LogP contribution is -2.46. The highest BCUT2D eigenvalue weighted by Crippen LogP contribution is 2.42. The van der Waals surface area contributed by atoms with Crippen molar-refractivity contribution in [1.29, 1.82) is 0 Å². The highest BCUT2D eigenvalue weighted by molar-refractivity contribution is 4.93. The molecule has 78 valence electrons. The number of rotatable bonds is 3. The zero-order valence-electron chi connectivity index (χ0n) is 9.51. The Hall–Kier alpha value is -0.0400. The molecule has 0 saturated heterocycles. The molecule has 1 aliphatic rings. The van der Waals surface area contributed by atoms with Crippen molar-refractivity contribution in [1.82, 2.24) is 0 Å². The minimum Gasteiger partial charge on any atom is -0.389 e. The van der Waals surface area contributed by atoms with Gasteiger partial charge in [0.25, 0.3) is 0 Å². The molecule has 0 radical (unpaired) electrons. The van der Waals surface area contributed by atoms with E-state index >= 15 is 0 Å². The van der Waals surface area contributed by atoms with Gasteiger partial charge in [-0.2, -0.15) is 0 Å². The van der Waals surface area contributed by atoms with Crippen molar-refractivity contribution in [2.24, 2.45) is 17.8 Å². The molecule has 1 fully saturated rings. The van der Waals surface area contributed by atoms with Crippen LogP contribution in [0.4, 0.5) is 0 Å². The first-order valence-electron chi connectivity index (χ1n) is 5.72. The van der Waals surface area contributed by atoms with Crippen LogP contribution < -0.4 is 0 Å². The van der Waals surface area contributed by atoms with Gasteiger partial charge in [0.2, 0.25) is 0 Å². The molecule has 1 heteroatoms. The average molecular weight is 184 g/mol.